The molecular weight excluding hydrogens is 292 g/mol. The Bertz CT molecular complexity index is 629. The molecule has 6 heteroatoms. The van der Waals surface area contributed by atoms with E-state index in [-0.39, 0.29) is 0 Å². The lowest BCUT2D eigenvalue weighted by Gasteiger charge is -2.09. The van der Waals surface area contributed by atoms with Crippen molar-refractivity contribution in [3.63, 3.8) is 0 Å². The van der Waals surface area contributed by atoms with Gasteiger partial charge in [-0.1, -0.05) is 17.7 Å². The molecule has 0 amide bonds. The number of esters is 1. The van der Waals surface area contributed by atoms with Crippen LogP contribution < -0.4 is 10.1 Å². The first-order valence-electron chi connectivity index (χ1n) is 6.24. The second-order valence-corrected chi connectivity index (χ2v) is 4.66. The summed E-state index contributed by atoms with van der Waals surface area (Å²) in [4.78, 5) is 15.7. The molecule has 0 saturated carbocycles. The van der Waals surface area contributed by atoms with Crippen molar-refractivity contribution in [3.8, 4) is 5.88 Å². The van der Waals surface area contributed by atoms with Crippen LogP contribution in [0.2, 0.25) is 5.02 Å². The minimum atomic E-state index is -0.463. The lowest BCUT2D eigenvalue weighted by atomic mass is 10.2. The first-order valence-corrected chi connectivity index (χ1v) is 6.62. The highest BCUT2D eigenvalue weighted by Crippen LogP contribution is 2.22. The highest BCUT2D eigenvalue weighted by molar-refractivity contribution is 6.33. The maximum absolute atomic E-state index is 11.6. The van der Waals surface area contributed by atoms with E-state index in [4.69, 9.17) is 16.3 Å². The third-order valence-electron chi connectivity index (χ3n) is 2.88. The van der Waals surface area contributed by atoms with Gasteiger partial charge in [-0.3, -0.25) is 0 Å². The van der Waals surface area contributed by atoms with E-state index in [1.54, 1.807) is 37.6 Å². The number of aromatic nitrogens is 1. The van der Waals surface area contributed by atoms with Crippen molar-refractivity contribution in [1.29, 1.82) is 0 Å². The molecule has 110 valence electrons. The van der Waals surface area contributed by atoms with E-state index in [0.29, 0.717) is 23.0 Å². The van der Waals surface area contributed by atoms with Gasteiger partial charge in [0, 0.05) is 24.5 Å². The Morgan fingerprint density at radius 2 is 2.10 bits per heavy atom. The van der Waals surface area contributed by atoms with Gasteiger partial charge in [-0.2, -0.15) is 0 Å². The number of nitrogens with zero attached hydrogens (tertiary/aromatic N) is 1. The fourth-order valence-electron chi connectivity index (χ4n) is 1.74. The molecule has 2 aromatic rings. The van der Waals surface area contributed by atoms with E-state index in [1.165, 1.54) is 7.11 Å². The number of halogens is 1. The van der Waals surface area contributed by atoms with Crippen LogP contribution >= 0.6 is 11.6 Å². The fraction of sp³-hybridized carbons (Fsp3) is 0.200. The smallest absolute Gasteiger partial charge is 0.339 e. The number of rotatable bonds is 5. The molecule has 1 heterocycles. The molecule has 0 bridgehead atoms. The molecule has 0 aliphatic heterocycles. The van der Waals surface area contributed by atoms with Crippen LogP contribution in [0.3, 0.4) is 0 Å². The van der Waals surface area contributed by atoms with E-state index in [0.717, 1.165) is 11.3 Å². The van der Waals surface area contributed by atoms with Gasteiger partial charge >= 0.3 is 5.97 Å². The SMILES string of the molecule is COC(=O)c1cc(NCc2ccc(OC)nc2)ccc1Cl. The van der Waals surface area contributed by atoms with E-state index in [9.17, 15) is 4.79 Å². The Kier molecular flexibility index (Phi) is 5.00. The molecule has 2 rings (SSSR count). The van der Waals surface area contributed by atoms with Crippen molar-refractivity contribution in [1.82, 2.24) is 4.98 Å². The van der Waals surface area contributed by atoms with Crippen molar-refractivity contribution in [2.24, 2.45) is 0 Å². The first-order chi connectivity index (χ1) is 10.1. The largest absolute Gasteiger partial charge is 0.481 e. The normalized spacial score (nSPS) is 10.0. The summed E-state index contributed by atoms with van der Waals surface area (Å²) in [6.07, 6.45) is 1.73. The summed E-state index contributed by atoms with van der Waals surface area (Å²) in [6, 6.07) is 8.81. The van der Waals surface area contributed by atoms with Gasteiger partial charge in [0.25, 0.3) is 0 Å². The number of pyridine rings is 1. The number of hydrogen-bond acceptors (Lipinski definition) is 5. The maximum atomic E-state index is 11.6. The van der Waals surface area contributed by atoms with E-state index < -0.39 is 5.97 Å². The first kappa shape index (κ1) is 15.1. The maximum Gasteiger partial charge on any atom is 0.339 e. The van der Waals surface area contributed by atoms with Crippen LogP contribution in [0.25, 0.3) is 0 Å². The molecule has 0 radical (unpaired) electrons. The van der Waals surface area contributed by atoms with Gasteiger partial charge in [-0.15, -0.1) is 0 Å². The quantitative estimate of drug-likeness (QED) is 0.860. The zero-order valence-electron chi connectivity index (χ0n) is 11.7. The molecule has 1 aromatic carbocycles. The predicted octanol–water partition coefficient (Wildman–Crippen LogP) is 3.14. The summed E-state index contributed by atoms with van der Waals surface area (Å²) < 4.78 is 9.69. The zero-order chi connectivity index (χ0) is 15.2. The number of hydrogen-bond donors (Lipinski definition) is 1. The molecule has 1 N–H and O–H groups in total. The van der Waals surface area contributed by atoms with Gasteiger partial charge in [0.15, 0.2) is 0 Å². The Morgan fingerprint density at radius 3 is 2.71 bits per heavy atom. The molecule has 0 atom stereocenters. The lowest BCUT2D eigenvalue weighted by Crippen LogP contribution is -2.05. The van der Waals surface area contributed by atoms with Crippen molar-refractivity contribution in [2.75, 3.05) is 19.5 Å². The van der Waals surface area contributed by atoms with Crippen LogP contribution in [0, 0.1) is 0 Å². The third kappa shape index (κ3) is 3.86. The summed E-state index contributed by atoms with van der Waals surface area (Å²) in [5, 5.41) is 3.56. The Balaban J connectivity index is 2.07. The van der Waals surface area contributed by atoms with Gasteiger partial charge in [-0.05, 0) is 23.8 Å². The minimum absolute atomic E-state index is 0.331. The van der Waals surface area contributed by atoms with E-state index >= 15 is 0 Å². The van der Waals surface area contributed by atoms with Gasteiger partial charge in [0.05, 0.1) is 24.8 Å². The van der Waals surface area contributed by atoms with Crippen LogP contribution in [0.4, 0.5) is 5.69 Å². The summed E-state index contributed by atoms with van der Waals surface area (Å²) in [6.45, 7) is 0.569. The number of carbonyl (C=O) groups is 1. The van der Waals surface area contributed by atoms with Gasteiger partial charge in [0.2, 0.25) is 5.88 Å². The summed E-state index contributed by atoms with van der Waals surface area (Å²) in [7, 11) is 2.89. The van der Waals surface area contributed by atoms with Crippen LogP contribution in [0.1, 0.15) is 15.9 Å². The molecule has 5 nitrogen and oxygen atoms in total. The number of ether oxygens (including phenoxy) is 2. The van der Waals surface area contributed by atoms with Gasteiger partial charge < -0.3 is 14.8 Å². The van der Waals surface area contributed by atoms with Gasteiger partial charge in [0.1, 0.15) is 0 Å². The van der Waals surface area contributed by atoms with Crippen LogP contribution in [0.15, 0.2) is 36.5 Å². The standard InChI is InChI=1S/C15H15ClN2O3/c1-20-14-6-3-10(9-18-14)8-17-11-4-5-13(16)12(7-11)15(19)21-2/h3-7,9,17H,8H2,1-2H3. The summed E-state index contributed by atoms with van der Waals surface area (Å²) in [5.41, 5.74) is 2.10. The average Bonchev–Trinajstić information content (AvgIpc) is 2.53. The lowest BCUT2D eigenvalue weighted by molar-refractivity contribution is 0.0601. The molecule has 0 fully saturated rings. The molecule has 0 spiro atoms. The fourth-order valence-corrected chi connectivity index (χ4v) is 1.94. The monoisotopic (exact) mass is 306 g/mol. The summed E-state index contributed by atoms with van der Waals surface area (Å²) in [5.74, 6) is 0.105. The number of methoxy groups -OCH3 is 2. The zero-order valence-corrected chi connectivity index (χ0v) is 12.5. The van der Waals surface area contributed by atoms with Crippen LogP contribution in [-0.2, 0) is 11.3 Å². The second kappa shape index (κ2) is 6.95. The highest BCUT2D eigenvalue weighted by atomic mass is 35.5. The molecule has 0 aliphatic rings. The third-order valence-corrected chi connectivity index (χ3v) is 3.20. The number of nitrogens with one attached hydrogen (secondary N) is 1. The molecule has 21 heavy (non-hydrogen) atoms. The molecule has 0 aliphatic carbocycles. The van der Waals surface area contributed by atoms with Crippen molar-refractivity contribution in [2.45, 2.75) is 6.54 Å². The number of benzene rings is 1. The average molecular weight is 307 g/mol. The van der Waals surface area contributed by atoms with Crippen LogP contribution in [0.5, 0.6) is 5.88 Å². The number of anilines is 1. The minimum Gasteiger partial charge on any atom is -0.481 e. The topological polar surface area (TPSA) is 60.5 Å². The molecule has 1 aromatic heterocycles. The summed E-state index contributed by atoms with van der Waals surface area (Å²) >= 11 is 5.97. The molecule has 0 saturated heterocycles. The van der Waals surface area contributed by atoms with E-state index in [2.05, 4.69) is 15.0 Å². The Labute approximate surface area is 127 Å². The number of carbonyl (C=O) groups excluding carboxylic acids is 1. The Hall–Kier alpha value is -2.27. The second-order valence-electron chi connectivity index (χ2n) is 4.25. The van der Waals surface area contributed by atoms with Crippen molar-refractivity contribution >= 4 is 23.3 Å². The van der Waals surface area contributed by atoms with Crippen molar-refractivity contribution in [3.05, 3.63) is 52.7 Å². The van der Waals surface area contributed by atoms with Gasteiger partial charge in [-0.25, -0.2) is 9.78 Å². The van der Waals surface area contributed by atoms with Crippen LogP contribution in [-0.4, -0.2) is 25.2 Å². The predicted molar refractivity (Wildman–Crippen MR) is 80.9 cm³/mol. The molecule has 0 unspecified atom stereocenters. The van der Waals surface area contributed by atoms with E-state index in [1.807, 2.05) is 6.07 Å². The highest BCUT2D eigenvalue weighted by Gasteiger charge is 2.11. The van der Waals surface area contributed by atoms with Crippen molar-refractivity contribution < 1.29 is 14.3 Å². The molecular formula is C15H15ClN2O3. The Morgan fingerprint density at radius 1 is 1.29 bits per heavy atom.